The summed E-state index contributed by atoms with van der Waals surface area (Å²) in [4.78, 5) is 20.2. The number of amidine groups is 1. The molecule has 2 aromatic carbocycles. The Morgan fingerprint density at radius 1 is 1.07 bits per heavy atom. The first-order chi connectivity index (χ1) is 19.4. The molecule has 2 heterocycles. The summed E-state index contributed by atoms with van der Waals surface area (Å²) in [6.45, 7) is 4.83. The van der Waals surface area contributed by atoms with E-state index in [-0.39, 0.29) is 17.1 Å². The van der Waals surface area contributed by atoms with Crippen molar-refractivity contribution in [3.05, 3.63) is 58.2 Å². The van der Waals surface area contributed by atoms with Crippen LogP contribution in [-0.2, 0) is 14.9 Å². The Balaban J connectivity index is 1.11. The van der Waals surface area contributed by atoms with Crippen LogP contribution in [0.1, 0.15) is 49.7 Å². The Labute approximate surface area is 239 Å². The molecule has 4 aliphatic carbocycles. The number of hydrogen-bond acceptors (Lipinski definition) is 6. The number of phenolic OH excluding ortho intramolecular Hbond substituents is 1. The van der Waals surface area contributed by atoms with Crippen LogP contribution in [0.2, 0.25) is 0 Å². The summed E-state index contributed by atoms with van der Waals surface area (Å²) in [5.74, 6) is 1.25. The third-order valence-electron chi connectivity index (χ3n) is 9.62. The zero-order chi connectivity index (χ0) is 27.3. The highest BCUT2D eigenvalue weighted by Gasteiger charge is 2.52. The fourth-order valence-electron chi connectivity index (χ4n) is 8.19. The van der Waals surface area contributed by atoms with Crippen molar-refractivity contribution in [1.29, 1.82) is 0 Å². The van der Waals surface area contributed by atoms with E-state index in [1.165, 1.54) is 37.1 Å². The molecule has 8 heteroatoms. The summed E-state index contributed by atoms with van der Waals surface area (Å²) in [6, 6.07) is 11.3. The number of ether oxygens (including phenoxy) is 1. The molecule has 6 fully saturated rings. The molecule has 2 saturated heterocycles. The number of aromatic hydroxyl groups is 1. The lowest BCUT2D eigenvalue weighted by molar-refractivity contribution is -0.115. The van der Waals surface area contributed by atoms with Gasteiger partial charge >= 0.3 is 0 Å². The van der Waals surface area contributed by atoms with E-state index >= 15 is 4.39 Å². The van der Waals surface area contributed by atoms with Crippen LogP contribution in [-0.4, -0.2) is 60.5 Å². The fourth-order valence-corrected chi connectivity index (χ4v) is 9.04. The highest BCUT2D eigenvalue weighted by molar-refractivity contribution is 8.18. The predicted molar refractivity (Wildman–Crippen MR) is 157 cm³/mol. The highest BCUT2D eigenvalue weighted by atomic mass is 32.2. The van der Waals surface area contributed by atoms with Crippen LogP contribution >= 0.6 is 11.8 Å². The van der Waals surface area contributed by atoms with E-state index in [0.717, 1.165) is 74.4 Å². The molecule has 0 spiro atoms. The molecule has 1 amide bonds. The fraction of sp³-hybridized carbons (Fsp3) is 0.500. The van der Waals surface area contributed by atoms with E-state index in [0.29, 0.717) is 34.4 Å². The van der Waals surface area contributed by atoms with Crippen molar-refractivity contribution in [2.45, 2.75) is 43.9 Å². The number of hydrogen-bond donors (Lipinski definition) is 2. The molecular weight excluding hydrogens is 525 g/mol. The molecular formula is C32H36FN3O3S. The van der Waals surface area contributed by atoms with Crippen LogP contribution in [0.5, 0.6) is 5.75 Å². The number of morpholine rings is 1. The molecule has 2 N–H and O–H groups in total. The van der Waals surface area contributed by atoms with Crippen LogP contribution in [0.15, 0.2) is 46.3 Å². The minimum atomic E-state index is -0.546. The minimum Gasteiger partial charge on any atom is -0.505 e. The molecule has 4 saturated carbocycles. The topological polar surface area (TPSA) is 74.2 Å². The largest absolute Gasteiger partial charge is 0.505 e. The smallest absolute Gasteiger partial charge is 0.264 e. The number of nitrogens with one attached hydrogen (secondary N) is 1. The quantitative estimate of drug-likeness (QED) is 0.452. The Kier molecular flexibility index (Phi) is 6.96. The first kappa shape index (κ1) is 26.2. The second-order valence-corrected chi connectivity index (χ2v) is 13.4. The van der Waals surface area contributed by atoms with Crippen molar-refractivity contribution in [2.24, 2.45) is 22.7 Å². The van der Waals surface area contributed by atoms with E-state index in [9.17, 15) is 9.90 Å². The number of carbonyl (C=O) groups is 1. The Morgan fingerprint density at radius 3 is 2.52 bits per heavy atom. The van der Waals surface area contributed by atoms with Gasteiger partial charge in [-0.25, -0.2) is 4.39 Å². The van der Waals surface area contributed by atoms with Gasteiger partial charge in [0.1, 0.15) is 0 Å². The summed E-state index contributed by atoms with van der Waals surface area (Å²) in [5, 5.41) is 14.4. The third-order valence-corrected chi connectivity index (χ3v) is 10.6. The summed E-state index contributed by atoms with van der Waals surface area (Å²) < 4.78 is 20.6. The number of nitrogens with zero attached hydrogens (tertiary/aromatic N) is 2. The molecule has 0 atom stereocenters. The molecule has 210 valence electrons. The van der Waals surface area contributed by atoms with E-state index in [2.05, 4.69) is 15.2 Å². The first-order valence-corrected chi connectivity index (χ1v) is 15.4. The van der Waals surface area contributed by atoms with Crippen LogP contribution in [0, 0.1) is 23.6 Å². The maximum absolute atomic E-state index is 15.2. The first-order valence-electron chi connectivity index (χ1n) is 14.6. The van der Waals surface area contributed by atoms with Crippen molar-refractivity contribution in [3.63, 3.8) is 0 Å². The number of amides is 1. The van der Waals surface area contributed by atoms with Crippen molar-refractivity contribution >= 4 is 28.9 Å². The molecule has 6 aliphatic rings. The van der Waals surface area contributed by atoms with Crippen molar-refractivity contribution in [2.75, 3.05) is 39.4 Å². The SMILES string of the molecule is O=C1NC(=NCCN2CCOCC2)S/C1=C\c1cccc(-c2cc(F)c(O)c(C34CC5CC(CC(C5)C3)C4)c2)c1. The number of phenols is 1. The number of carbonyl (C=O) groups excluding carboxylic acids is 1. The second kappa shape index (κ2) is 10.6. The normalized spacial score (nSPS) is 31.8. The predicted octanol–water partition coefficient (Wildman–Crippen LogP) is 5.56. The van der Waals surface area contributed by atoms with Gasteiger partial charge in [0.05, 0.1) is 24.7 Å². The number of aliphatic imine (C=N–C) groups is 1. The van der Waals surface area contributed by atoms with Crippen molar-refractivity contribution in [3.8, 4) is 16.9 Å². The lowest BCUT2D eigenvalue weighted by Gasteiger charge is -2.57. The summed E-state index contributed by atoms with van der Waals surface area (Å²) in [5.41, 5.74) is 3.21. The molecule has 8 rings (SSSR count). The van der Waals surface area contributed by atoms with Crippen LogP contribution in [0.4, 0.5) is 4.39 Å². The Hall–Kier alpha value is -2.68. The average Bonchev–Trinajstić information content (AvgIpc) is 3.28. The van der Waals surface area contributed by atoms with Crippen molar-refractivity contribution < 1.29 is 19.0 Å². The number of halogens is 1. The van der Waals surface area contributed by atoms with Crippen molar-refractivity contribution in [1.82, 2.24) is 10.2 Å². The summed E-state index contributed by atoms with van der Waals surface area (Å²) >= 11 is 1.36. The van der Waals surface area contributed by atoms with E-state index in [1.54, 1.807) is 0 Å². The monoisotopic (exact) mass is 561 g/mol. The zero-order valence-electron chi connectivity index (χ0n) is 22.7. The van der Waals surface area contributed by atoms with Gasteiger partial charge in [0.15, 0.2) is 16.7 Å². The van der Waals surface area contributed by atoms with Gasteiger partial charge in [0, 0.05) is 25.2 Å². The molecule has 0 radical (unpaired) electrons. The molecule has 0 aromatic heterocycles. The van der Waals surface area contributed by atoms with Gasteiger partial charge in [0.2, 0.25) is 0 Å². The van der Waals surface area contributed by atoms with Crippen LogP contribution < -0.4 is 5.32 Å². The molecule has 6 nitrogen and oxygen atoms in total. The zero-order valence-corrected chi connectivity index (χ0v) is 23.5. The molecule has 4 bridgehead atoms. The van der Waals surface area contributed by atoms with Gasteiger partial charge in [-0.3, -0.25) is 14.7 Å². The van der Waals surface area contributed by atoms with E-state index in [1.807, 2.05) is 36.4 Å². The molecule has 0 unspecified atom stereocenters. The van der Waals surface area contributed by atoms with Gasteiger partial charge in [-0.2, -0.15) is 0 Å². The maximum Gasteiger partial charge on any atom is 0.264 e. The lowest BCUT2D eigenvalue weighted by Crippen LogP contribution is -2.48. The lowest BCUT2D eigenvalue weighted by atomic mass is 9.48. The summed E-state index contributed by atoms with van der Waals surface area (Å²) in [6.07, 6.45) is 8.93. The molecule has 40 heavy (non-hydrogen) atoms. The second-order valence-electron chi connectivity index (χ2n) is 12.4. The Bertz CT molecular complexity index is 1350. The van der Waals surface area contributed by atoms with Gasteiger partial charge < -0.3 is 15.2 Å². The van der Waals surface area contributed by atoms with Gasteiger partial charge in [-0.1, -0.05) is 18.2 Å². The average molecular weight is 562 g/mol. The summed E-state index contributed by atoms with van der Waals surface area (Å²) in [7, 11) is 0. The van der Waals surface area contributed by atoms with Crippen LogP contribution in [0.25, 0.3) is 17.2 Å². The van der Waals surface area contributed by atoms with Crippen LogP contribution in [0.3, 0.4) is 0 Å². The van der Waals surface area contributed by atoms with E-state index in [4.69, 9.17) is 4.74 Å². The number of benzene rings is 2. The molecule has 2 aromatic rings. The minimum absolute atomic E-state index is 0.106. The molecule has 2 aliphatic heterocycles. The highest BCUT2D eigenvalue weighted by Crippen LogP contribution is 2.62. The van der Waals surface area contributed by atoms with Gasteiger partial charge in [-0.15, -0.1) is 0 Å². The third kappa shape index (κ3) is 5.10. The Morgan fingerprint density at radius 2 is 1.80 bits per heavy atom. The maximum atomic E-state index is 15.2. The van der Waals surface area contributed by atoms with E-state index < -0.39 is 5.82 Å². The van der Waals surface area contributed by atoms with Gasteiger partial charge in [0.25, 0.3) is 5.91 Å². The standard InChI is InChI=1S/C32H36FN3O3S/c33-27-16-25(15-26(29(27)37)32-17-21-10-22(18-32)12-23(11-21)19-32)24-3-1-2-20(13-24)14-28-30(38)35-31(40-28)34-4-5-36-6-8-39-9-7-36/h1-3,13-16,21-23,37H,4-12,17-19H2,(H,34,35,38)/b28-14-. The van der Waals surface area contributed by atoms with Gasteiger partial charge in [-0.05, 0) is 114 Å². The number of thioether (sulfide) groups is 1. The number of rotatable bonds is 6.